The number of fused-ring (bicyclic) bond motifs is 1. The first-order chi connectivity index (χ1) is 20.0. The summed E-state index contributed by atoms with van der Waals surface area (Å²) in [6, 6.07) is 4.72. The Morgan fingerprint density at radius 2 is 1.76 bits per heavy atom. The summed E-state index contributed by atoms with van der Waals surface area (Å²) >= 11 is 0. The van der Waals surface area contributed by atoms with Gasteiger partial charge in [0.15, 0.2) is 5.76 Å². The molecule has 14 heteroatoms. The maximum Gasteiger partial charge on any atom is 0.287 e. The van der Waals surface area contributed by atoms with Gasteiger partial charge < -0.3 is 41.4 Å². The van der Waals surface area contributed by atoms with E-state index >= 15 is 0 Å². The second-order valence-corrected chi connectivity index (χ2v) is 10.2. The molecule has 1 aromatic carbocycles. The number of aliphatic hydroxyl groups is 1. The van der Waals surface area contributed by atoms with Gasteiger partial charge in [-0.3, -0.25) is 28.8 Å². The van der Waals surface area contributed by atoms with Gasteiger partial charge in [-0.25, -0.2) is 0 Å². The molecule has 4 atom stereocenters. The smallest absolute Gasteiger partial charge is 0.287 e. The van der Waals surface area contributed by atoms with E-state index in [1.165, 1.54) is 18.7 Å². The Bertz CT molecular complexity index is 1280. The number of carbonyl (C=O) groups is 6. The van der Waals surface area contributed by atoms with Crippen LogP contribution in [0.15, 0.2) is 34.7 Å². The van der Waals surface area contributed by atoms with Crippen LogP contribution in [0.4, 0.5) is 0 Å². The van der Waals surface area contributed by atoms with Gasteiger partial charge in [0.2, 0.25) is 29.5 Å². The first-order valence-corrected chi connectivity index (χ1v) is 13.9. The minimum atomic E-state index is -1.39. The molecule has 42 heavy (non-hydrogen) atoms. The number of para-hydroxylation sites is 1. The van der Waals surface area contributed by atoms with Crippen LogP contribution in [0.2, 0.25) is 0 Å². The van der Waals surface area contributed by atoms with Gasteiger partial charge in [-0.2, -0.15) is 0 Å². The number of rotatable bonds is 14. The van der Waals surface area contributed by atoms with Crippen molar-refractivity contribution in [3.05, 3.63) is 36.1 Å². The zero-order valence-electron chi connectivity index (χ0n) is 23.7. The lowest BCUT2D eigenvalue weighted by atomic mass is 10.1. The SMILES string of the molecule is CC(=O)N[C@@H](CCCCNC(=O)c1cc2ccccc2o1)C(=O)NC(CO)C(=O)N[C@@H](C)C(=O)N1CCCC1C(N)=O. The number of primary amides is 1. The van der Waals surface area contributed by atoms with Gasteiger partial charge in [0.05, 0.1) is 6.61 Å². The summed E-state index contributed by atoms with van der Waals surface area (Å²) in [7, 11) is 0. The van der Waals surface area contributed by atoms with Gasteiger partial charge in [0.25, 0.3) is 5.91 Å². The zero-order chi connectivity index (χ0) is 30.8. The maximum atomic E-state index is 12.9. The van der Waals surface area contributed by atoms with Crippen molar-refractivity contribution in [3.8, 4) is 0 Å². The maximum absolute atomic E-state index is 12.9. The molecule has 0 bridgehead atoms. The Morgan fingerprint density at radius 3 is 2.43 bits per heavy atom. The van der Waals surface area contributed by atoms with Crippen LogP contribution in [0.5, 0.6) is 0 Å². The number of furan rings is 1. The number of amides is 6. The lowest BCUT2D eigenvalue weighted by molar-refractivity contribution is -0.141. The fraction of sp³-hybridized carbons (Fsp3) is 0.500. The molecule has 1 aliphatic heterocycles. The Kier molecular flexibility index (Phi) is 11.4. The average Bonchev–Trinajstić information content (AvgIpc) is 3.62. The lowest BCUT2D eigenvalue weighted by Gasteiger charge is -2.27. The summed E-state index contributed by atoms with van der Waals surface area (Å²) < 4.78 is 5.54. The van der Waals surface area contributed by atoms with Crippen molar-refractivity contribution in [2.24, 2.45) is 5.73 Å². The Hall–Kier alpha value is -4.46. The quantitative estimate of drug-likeness (QED) is 0.155. The van der Waals surface area contributed by atoms with Crippen LogP contribution in [-0.2, 0) is 24.0 Å². The molecule has 1 aliphatic rings. The molecule has 14 nitrogen and oxygen atoms in total. The monoisotopic (exact) mass is 586 g/mol. The van der Waals surface area contributed by atoms with Crippen molar-refractivity contribution in [2.45, 2.75) is 70.1 Å². The number of benzene rings is 1. The van der Waals surface area contributed by atoms with E-state index in [1.807, 2.05) is 18.2 Å². The molecule has 6 amide bonds. The molecule has 2 aromatic rings. The zero-order valence-corrected chi connectivity index (χ0v) is 23.7. The van der Waals surface area contributed by atoms with Crippen molar-refractivity contribution < 1.29 is 38.3 Å². The van der Waals surface area contributed by atoms with Gasteiger partial charge in [-0.15, -0.1) is 0 Å². The standard InChI is InChI=1S/C28H38N6O8/c1-16(28(41)34-13-7-10-21(34)24(29)37)31-26(39)20(15-35)33-25(38)19(32-17(2)36)9-5-6-12-30-27(40)23-14-18-8-3-4-11-22(18)42-23/h3-4,8,11,14,16,19-21,35H,5-7,9-10,12-13,15H2,1-2H3,(H2,29,37)(H,30,40)(H,31,39)(H,32,36)(H,33,38)/t16-,19-,20?,21?/m0/s1. The van der Waals surface area contributed by atoms with Gasteiger partial charge in [-0.1, -0.05) is 18.2 Å². The van der Waals surface area contributed by atoms with Gasteiger partial charge in [-0.05, 0) is 51.2 Å². The summed E-state index contributed by atoms with van der Waals surface area (Å²) in [4.78, 5) is 75.5. The first-order valence-electron chi connectivity index (χ1n) is 13.9. The summed E-state index contributed by atoms with van der Waals surface area (Å²) in [5, 5.41) is 20.7. The summed E-state index contributed by atoms with van der Waals surface area (Å²) in [6.45, 7) is 2.54. The van der Waals surface area contributed by atoms with Crippen molar-refractivity contribution in [1.82, 2.24) is 26.2 Å². The normalized spacial score (nSPS) is 16.7. The second-order valence-electron chi connectivity index (χ2n) is 10.2. The van der Waals surface area contributed by atoms with E-state index in [1.54, 1.807) is 12.1 Å². The molecule has 1 fully saturated rings. The molecule has 0 aliphatic carbocycles. The lowest BCUT2D eigenvalue weighted by Crippen LogP contribution is -2.58. The van der Waals surface area contributed by atoms with Crippen molar-refractivity contribution in [2.75, 3.05) is 19.7 Å². The highest BCUT2D eigenvalue weighted by molar-refractivity contribution is 5.96. The topological polar surface area (TPSA) is 213 Å². The minimum absolute atomic E-state index is 0.184. The minimum Gasteiger partial charge on any atom is -0.451 e. The molecule has 2 unspecified atom stereocenters. The molecule has 0 radical (unpaired) electrons. The van der Waals surface area contributed by atoms with Crippen LogP contribution in [0.3, 0.4) is 0 Å². The highest BCUT2D eigenvalue weighted by Gasteiger charge is 2.36. The van der Waals surface area contributed by atoms with Crippen LogP contribution < -0.4 is 27.0 Å². The third-order valence-electron chi connectivity index (χ3n) is 6.96. The van der Waals surface area contributed by atoms with E-state index in [2.05, 4.69) is 21.3 Å². The number of nitrogens with two attached hydrogens (primary N) is 1. The predicted molar refractivity (Wildman–Crippen MR) is 151 cm³/mol. The van der Waals surface area contributed by atoms with Crippen LogP contribution in [0.25, 0.3) is 11.0 Å². The molecule has 228 valence electrons. The van der Waals surface area contributed by atoms with Gasteiger partial charge in [0, 0.05) is 25.4 Å². The third-order valence-corrected chi connectivity index (χ3v) is 6.96. The van der Waals surface area contributed by atoms with E-state index < -0.39 is 60.3 Å². The highest BCUT2D eigenvalue weighted by Crippen LogP contribution is 2.19. The van der Waals surface area contributed by atoms with Crippen LogP contribution in [0.1, 0.15) is 56.5 Å². The number of nitrogens with one attached hydrogen (secondary N) is 4. The van der Waals surface area contributed by atoms with Gasteiger partial charge in [0.1, 0.15) is 29.8 Å². The summed E-state index contributed by atoms with van der Waals surface area (Å²) in [5.74, 6) is -3.29. The molecule has 2 heterocycles. The van der Waals surface area contributed by atoms with Crippen molar-refractivity contribution in [1.29, 1.82) is 0 Å². The van der Waals surface area contributed by atoms with E-state index in [-0.39, 0.29) is 18.1 Å². The van der Waals surface area contributed by atoms with Crippen molar-refractivity contribution >= 4 is 46.4 Å². The van der Waals surface area contributed by atoms with E-state index in [0.29, 0.717) is 44.4 Å². The summed E-state index contributed by atoms with van der Waals surface area (Å²) in [5.41, 5.74) is 5.97. The summed E-state index contributed by atoms with van der Waals surface area (Å²) in [6.07, 6.45) is 2.17. The van der Waals surface area contributed by atoms with Gasteiger partial charge >= 0.3 is 0 Å². The fourth-order valence-corrected chi connectivity index (χ4v) is 4.79. The largest absolute Gasteiger partial charge is 0.451 e. The predicted octanol–water partition coefficient (Wildman–Crippen LogP) is -0.704. The van der Waals surface area contributed by atoms with Crippen molar-refractivity contribution in [3.63, 3.8) is 0 Å². The fourth-order valence-electron chi connectivity index (χ4n) is 4.79. The van der Waals surface area contributed by atoms with E-state index in [9.17, 15) is 33.9 Å². The molecular formula is C28H38N6O8. The number of likely N-dealkylation sites (tertiary alicyclic amines) is 1. The van der Waals surface area contributed by atoms with Crippen LogP contribution in [-0.4, -0.2) is 89.3 Å². The average molecular weight is 587 g/mol. The number of aliphatic hydroxyl groups excluding tert-OH is 1. The molecule has 1 saturated heterocycles. The van der Waals surface area contributed by atoms with Crippen LogP contribution >= 0.6 is 0 Å². The molecule has 1 aromatic heterocycles. The number of hydrogen-bond acceptors (Lipinski definition) is 8. The highest BCUT2D eigenvalue weighted by atomic mass is 16.3. The number of carbonyl (C=O) groups excluding carboxylic acids is 6. The number of hydrogen-bond donors (Lipinski definition) is 6. The Balaban J connectivity index is 1.47. The third kappa shape index (κ3) is 8.52. The molecule has 0 saturated carbocycles. The van der Waals surface area contributed by atoms with E-state index in [0.717, 1.165) is 5.39 Å². The molecular weight excluding hydrogens is 548 g/mol. The molecule has 3 rings (SSSR count). The molecule has 7 N–H and O–H groups in total. The number of nitrogens with zero attached hydrogens (tertiary/aromatic N) is 1. The van der Waals surface area contributed by atoms with Crippen LogP contribution in [0, 0.1) is 0 Å². The van der Waals surface area contributed by atoms with E-state index in [4.69, 9.17) is 10.2 Å². The number of unbranched alkanes of at least 4 members (excludes halogenated alkanes) is 1. The Morgan fingerprint density at radius 1 is 1.05 bits per heavy atom. The Labute approximate surface area is 242 Å². The first kappa shape index (κ1) is 32.1. The molecule has 0 spiro atoms. The second kappa shape index (κ2) is 15.0.